The molecule has 1 aromatic heterocycles. The third kappa shape index (κ3) is 3.30. The van der Waals surface area contributed by atoms with Crippen LogP contribution in [-0.2, 0) is 4.79 Å². The highest BCUT2D eigenvalue weighted by atomic mass is 16.4. The van der Waals surface area contributed by atoms with Crippen LogP contribution in [0.15, 0.2) is 40.9 Å². The summed E-state index contributed by atoms with van der Waals surface area (Å²) in [7, 11) is 0. The normalized spacial score (nSPS) is 20.2. The molecule has 1 aromatic carbocycles. The lowest BCUT2D eigenvalue weighted by atomic mass is 10.1. The zero-order valence-corrected chi connectivity index (χ0v) is 13.4. The van der Waals surface area contributed by atoms with Crippen molar-refractivity contribution in [2.45, 2.75) is 25.4 Å². The van der Waals surface area contributed by atoms with Gasteiger partial charge in [-0.05, 0) is 25.5 Å². The maximum atomic E-state index is 12.3. The van der Waals surface area contributed by atoms with E-state index in [0.717, 1.165) is 0 Å². The van der Waals surface area contributed by atoms with E-state index in [-0.39, 0.29) is 30.4 Å². The van der Waals surface area contributed by atoms with E-state index in [1.165, 1.54) is 0 Å². The Morgan fingerprint density at radius 3 is 2.75 bits per heavy atom. The van der Waals surface area contributed by atoms with Gasteiger partial charge in [0.05, 0.1) is 12.7 Å². The molecule has 2 aromatic rings. The average Bonchev–Trinajstić information content (AvgIpc) is 3.21. The zero-order chi connectivity index (χ0) is 17.1. The Bertz CT molecular complexity index is 728. The summed E-state index contributed by atoms with van der Waals surface area (Å²) < 4.78 is 5.57. The van der Waals surface area contributed by atoms with Crippen LogP contribution in [0.3, 0.4) is 0 Å². The highest BCUT2D eigenvalue weighted by Crippen LogP contribution is 2.31. The van der Waals surface area contributed by atoms with Gasteiger partial charge in [-0.2, -0.15) is 0 Å². The molecule has 3 N–H and O–H groups in total. The zero-order valence-electron chi connectivity index (χ0n) is 13.4. The Balaban J connectivity index is 1.74. The van der Waals surface area contributed by atoms with Crippen LogP contribution >= 0.6 is 0 Å². The summed E-state index contributed by atoms with van der Waals surface area (Å²) in [6.07, 6.45) is 2.17. The lowest BCUT2D eigenvalue weighted by Gasteiger charge is -2.21. The highest BCUT2D eigenvalue weighted by molar-refractivity contribution is 5.94. The summed E-state index contributed by atoms with van der Waals surface area (Å²) in [4.78, 5) is 30.3. The summed E-state index contributed by atoms with van der Waals surface area (Å²) in [6, 6.07) is 8.50. The molecule has 0 spiro atoms. The van der Waals surface area contributed by atoms with Gasteiger partial charge in [0.1, 0.15) is 11.8 Å². The maximum absolute atomic E-state index is 12.3. The largest absolute Gasteiger partial charge is 0.444 e. The molecule has 1 saturated heterocycles. The summed E-state index contributed by atoms with van der Waals surface area (Å²) in [6.45, 7) is 2.10. The molecule has 7 heteroatoms. The highest BCUT2D eigenvalue weighted by Gasteiger charge is 2.39. The predicted molar refractivity (Wildman–Crippen MR) is 87.1 cm³/mol. The van der Waals surface area contributed by atoms with Crippen molar-refractivity contribution >= 4 is 11.8 Å². The van der Waals surface area contributed by atoms with Crippen LogP contribution in [0.4, 0.5) is 0 Å². The quantitative estimate of drug-likeness (QED) is 0.872. The van der Waals surface area contributed by atoms with Crippen molar-refractivity contribution in [1.82, 2.24) is 15.2 Å². The number of aromatic nitrogens is 1. The predicted octanol–water partition coefficient (Wildman–Crippen LogP) is 1.01. The third-order valence-corrected chi connectivity index (χ3v) is 4.09. The number of oxazole rings is 1. The van der Waals surface area contributed by atoms with Crippen LogP contribution in [-0.4, -0.2) is 40.8 Å². The fraction of sp³-hybridized carbons (Fsp3) is 0.353. The van der Waals surface area contributed by atoms with Gasteiger partial charge in [0, 0.05) is 18.2 Å². The SMILES string of the molecule is Cc1cnc([C@@H]2C[C@@H](NC(=O)c3ccccc3)CN2C(=O)CN)o1. The number of nitrogens with one attached hydrogen (secondary N) is 1. The summed E-state index contributed by atoms with van der Waals surface area (Å²) >= 11 is 0. The number of aryl methyl sites for hydroxylation is 1. The van der Waals surface area contributed by atoms with E-state index >= 15 is 0 Å². The van der Waals surface area contributed by atoms with Gasteiger partial charge in [-0.25, -0.2) is 4.98 Å². The molecule has 2 amide bonds. The second kappa shape index (κ2) is 6.84. The molecule has 7 nitrogen and oxygen atoms in total. The number of nitrogens with zero attached hydrogens (tertiary/aromatic N) is 2. The minimum absolute atomic E-state index is 0.0878. The van der Waals surface area contributed by atoms with Gasteiger partial charge >= 0.3 is 0 Å². The van der Waals surface area contributed by atoms with Crippen molar-refractivity contribution in [2.75, 3.05) is 13.1 Å². The molecule has 2 atom stereocenters. The van der Waals surface area contributed by atoms with Crippen LogP contribution in [0, 0.1) is 6.92 Å². The number of carbonyl (C=O) groups excluding carboxylic acids is 2. The van der Waals surface area contributed by atoms with Gasteiger partial charge in [0.25, 0.3) is 5.91 Å². The Morgan fingerprint density at radius 2 is 2.12 bits per heavy atom. The molecular formula is C17H20N4O3. The third-order valence-electron chi connectivity index (χ3n) is 4.09. The number of benzene rings is 1. The lowest BCUT2D eigenvalue weighted by Crippen LogP contribution is -2.40. The van der Waals surface area contributed by atoms with E-state index in [0.29, 0.717) is 30.2 Å². The number of hydrogen-bond acceptors (Lipinski definition) is 5. The summed E-state index contributed by atoms with van der Waals surface area (Å²) in [5.74, 6) is 0.810. The number of amides is 2. The van der Waals surface area contributed by atoms with Crippen molar-refractivity contribution in [3.63, 3.8) is 0 Å². The van der Waals surface area contributed by atoms with Crippen LogP contribution in [0.2, 0.25) is 0 Å². The molecule has 1 aliphatic rings. The number of carbonyl (C=O) groups is 2. The average molecular weight is 328 g/mol. The number of nitrogens with two attached hydrogens (primary N) is 1. The van der Waals surface area contributed by atoms with Gasteiger partial charge in [-0.15, -0.1) is 0 Å². The van der Waals surface area contributed by atoms with Gasteiger partial charge in [0.2, 0.25) is 11.8 Å². The van der Waals surface area contributed by atoms with Gasteiger partial charge in [-0.1, -0.05) is 18.2 Å². The van der Waals surface area contributed by atoms with E-state index < -0.39 is 0 Å². The smallest absolute Gasteiger partial charge is 0.251 e. The van der Waals surface area contributed by atoms with E-state index in [1.54, 1.807) is 30.2 Å². The first kappa shape index (κ1) is 16.2. The van der Waals surface area contributed by atoms with Crippen molar-refractivity contribution in [3.8, 4) is 0 Å². The molecule has 0 aliphatic carbocycles. The fourth-order valence-electron chi connectivity index (χ4n) is 2.95. The first-order valence-corrected chi connectivity index (χ1v) is 7.86. The fourth-order valence-corrected chi connectivity index (χ4v) is 2.95. The number of hydrogen-bond donors (Lipinski definition) is 2. The standard InChI is InChI=1S/C17H20N4O3/c1-11-9-19-17(24-11)14-7-13(10-21(14)15(22)8-18)20-16(23)12-5-3-2-4-6-12/h2-6,9,13-14H,7-8,10,18H2,1H3,(H,20,23)/t13-,14+/m1/s1. The second-order valence-electron chi connectivity index (χ2n) is 5.85. The Morgan fingerprint density at radius 1 is 1.38 bits per heavy atom. The van der Waals surface area contributed by atoms with Gasteiger partial charge in [0.15, 0.2) is 0 Å². The van der Waals surface area contributed by atoms with Crippen molar-refractivity contribution in [3.05, 3.63) is 53.7 Å². The van der Waals surface area contributed by atoms with Crippen molar-refractivity contribution in [2.24, 2.45) is 5.73 Å². The van der Waals surface area contributed by atoms with E-state index in [1.807, 2.05) is 18.2 Å². The number of rotatable bonds is 4. The van der Waals surface area contributed by atoms with Crippen molar-refractivity contribution < 1.29 is 14.0 Å². The minimum atomic E-state index is -0.309. The molecular weight excluding hydrogens is 308 g/mol. The molecule has 0 radical (unpaired) electrons. The lowest BCUT2D eigenvalue weighted by molar-refractivity contribution is -0.131. The molecule has 3 rings (SSSR count). The summed E-state index contributed by atoms with van der Waals surface area (Å²) in [5, 5.41) is 2.97. The van der Waals surface area contributed by atoms with Crippen LogP contribution in [0.5, 0.6) is 0 Å². The Kier molecular flexibility index (Phi) is 4.61. The van der Waals surface area contributed by atoms with Gasteiger partial charge in [-0.3, -0.25) is 9.59 Å². The molecule has 126 valence electrons. The second-order valence-corrected chi connectivity index (χ2v) is 5.85. The Labute approximate surface area is 139 Å². The summed E-state index contributed by atoms with van der Waals surface area (Å²) in [5.41, 5.74) is 6.09. The molecule has 0 unspecified atom stereocenters. The molecule has 24 heavy (non-hydrogen) atoms. The molecule has 1 fully saturated rings. The number of likely N-dealkylation sites (tertiary alicyclic amines) is 1. The van der Waals surface area contributed by atoms with Crippen LogP contribution in [0.25, 0.3) is 0 Å². The van der Waals surface area contributed by atoms with E-state index in [4.69, 9.17) is 10.2 Å². The minimum Gasteiger partial charge on any atom is -0.444 e. The van der Waals surface area contributed by atoms with Crippen LogP contribution in [0.1, 0.15) is 34.5 Å². The molecule has 0 saturated carbocycles. The maximum Gasteiger partial charge on any atom is 0.251 e. The Hall–Kier alpha value is -2.67. The molecule has 2 heterocycles. The first-order chi connectivity index (χ1) is 11.6. The van der Waals surface area contributed by atoms with Gasteiger partial charge < -0.3 is 20.4 Å². The molecule has 0 bridgehead atoms. The van der Waals surface area contributed by atoms with E-state index in [9.17, 15) is 9.59 Å². The van der Waals surface area contributed by atoms with Crippen LogP contribution < -0.4 is 11.1 Å². The molecule has 1 aliphatic heterocycles. The van der Waals surface area contributed by atoms with E-state index in [2.05, 4.69) is 10.3 Å². The first-order valence-electron chi connectivity index (χ1n) is 7.86. The monoisotopic (exact) mass is 328 g/mol. The van der Waals surface area contributed by atoms with Crippen molar-refractivity contribution in [1.29, 1.82) is 0 Å². The topological polar surface area (TPSA) is 101 Å².